The number of fused-ring (bicyclic) bond motifs is 1. The molecular formula is C24H19N5OS. The molecule has 0 spiro atoms. The average molecular weight is 426 g/mol. The molecule has 2 aromatic heterocycles. The molecule has 31 heavy (non-hydrogen) atoms. The average Bonchev–Trinajstić information content (AvgIpc) is 3.45. The van der Waals surface area contributed by atoms with Gasteiger partial charge in [-0.25, -0.2) is 14.6 Å². The minimum Gasteiger partial charge on any atom is -0.281 e. The SMILES string of the molecule is CCN(C(=O)c1nc(-c2ccccc2)n(-c2ccccc2)n1)c1nc2ccccc2s1. The van der Waals surface area contributed by atoms with E-state index in [0.29, 0.717) is 17.5 Å². The van der Waals surface area contributed by atoms with Crippen molar-refractivity contribution < 1.29 is 4.79 Å². The molecule has 0 saturated heterocycles. The highest BCUT2D eigenvalue weighted by Gasteiger charge is 2.25. The first kappa shape index (κ1) is 19.1. The zero-order chi connectivity index (χ0) is 21.2. The van der Waals surface area contributed by atoms with Gasteiger partial charge in [0.05, 0.1) is 15.9 Å². The highest BCUT2D eigenvalue weighted by atomic mass is 32.1. The van der Waals surface area contributed by atoms with Crippen molar-refractivity contribution in [2.24, 2.45) is 0 Å². The smallest absolute Gasteiger partial charge is 0.281 e. The lowest BCUT2D eigenvalue weighted by molar-refractivity contribution is 0.0978. The maximum Gasteiger partial charge on any atom is 0.299 e. The Hall–Kier alpha value is -3.84. The Kier molecular flexibility index (Phi) is 5.01. The number of amides is 1. The monoisotopic (exact) mass is 425 g/mol. The summed E-state index contributed by atoms with van der Waals surface area (Å²) in [6.45, 7) is 2.40. The summed E-state index contributed by atoms with van der Waals surface area (Å²) in [4.78, 5) is 24.3. The van der Waals surface area contributed by atoms with Gasteiger partial charge in [-0.3, -0.25) is 9.69 Å². The minimum absolute atomic E-state index is 0.142. The highest BCUT2D eigenvalue weighted by molar-refractivity contribution is 7.22. The lowest BCUT2D eigenvalue weighted by Gasteiger charge is -2.15. The Labute approximate surface area is 183 Å². The topological polar surface area (TPSA) is 63.9 Å². The van der Waals surface area contributed by atoms with Crippen molar-refractivity contribution in [1.29, 1.82) is 0 Å². The zero-order valence-corrected chi connectivity index (χ0v) is 17.7. The van der Waals surface area contributed by atoms with Crippen LogP contribution in [0.5, 0.6) is 0 Å². The van der Waals surface area contributed by atoms with E-state index in [1.165, 1.54) is 11.3 Å². The summed E-state index contributed by atoms with van der Waals surface area (Å²) in [5.74, 6) is 0.493. The van der Waals surface area contributed by atoms with Crippen LogP contribution in [0.2, 0.25) is 0 Å². The summed E-state index contributed by atoms with van der Waals surface area (Å²) in [5, 5.41) is 5.24. The van der Waals surface area contributed by atoms with Crippen molar-refractivity contribution in [2.45, 2.75) is 6.92 Å². The second kappa shape index (κ2) is 8.12. The number of para-hydroxylation sites is 2. The lowest BCUT2D eigenvalue weighted by atomic mass is 10.2. The first-order valence-corrected chi connectivity index (χ1v) is 10.8. The summed E-state index contributed by atoms with van der Waals surface area (Å²) in [5.41, 5.74) is 2.61. The Balaban J connectivity index is 1.59. The third-order valence-electron chi connectivity index (χ3n) is 4.91. The molecule has 0 bridgehead atoms. The van der Waals surface area contributed by atoms with E-state index in [2.05, 4.69) is 15.1 Å². The number of hydrogen-bond donors (Lipinski definition) is 0. The standard InChI is InChI=1S/C24H19N5OS/c1-2-28(24-25-19-15-9-10-16-20(19)31-24)23(30)21-26-22(17-11-5-3-6-12-17)29(27-21)18-13-7-4-8-14-18/h3-16H,2H2,1H3. The van der Waals surface area contributed by atoms with E-state index in [0.717, 1.165) is 21.5 Å². The highest BCUT2D eigenvalue weighted by Crippen LogP contribution is 2.29. The predicted octanol–water partition coefficient (Wildman–Crippen LogP) is 5.21. The molecule has 1 amide bonds. The Morgan fingerprint density at radius 1 is 0.903 bits per heavy atom. The van der Waals surface area contributed by atoms with E-state index in [9.17, 15) is 4.79 Å². The number of hydrogen-bond acceptors (Lipinski definition) is 5. The van der Waals surface area contributed by atoms with E-state index in [-0.39, 0.29) is 11.7 Å². The van der Waals surface area contributed by atoms with E-state index >= 15 is 0 Å². The van der Waals surface area contributed by atoms with Crippen LogP contribution in [0.3, 0.4) is 0 Å². The fourth-order valence-corrected chi connectivity index (χ4v) is 4.42. The van der Waals surface area contributed by atoms with Crippen LogP contribution in [-0.4, -0.2) is 32.2 Å². The van der Waals surface area contributed by atoms with Gasteiger partial charge in [-0.2, -0.15) is 0 Å². The van der Waals surface area contributed by atoms with Crippen molar-refractivity contribution in [3.63, 3.8) is 0 Å². The second-order valence-electron chi connectivity index (χ2n) is 6.89. The van der Waals surface area contributed by atoms with Crippen LogP contribution in [0, 0.1) is 0 Å². The minimum atomic E-state index is -0.270. The molecule has 5 rings (SSSR count). The predicted molar refractivity (Wildman–Crippen MR) is 124 cm³/mol. The fourth-order valence-electron chi connectivity index (χ4n) is 3.39. The lowest BCUT2D eigenvalue weighted by Crippen LogP contribution is -2.31. The van der Waals surface area contributed by atoms with Crippen molar-refractivity contribution in [1.82, 2.24) is 19.7 Å². The number of benzene rings is 3. The maximum absolute atomic E-state index is 13.4. The first-order valence-electron chi connectivity index (χ1n) is 10.00. The molecule has 0 unspecified atom stereocenters. The van der Waals surface area contributed by atoms with Gasteiger partial charge >= 0.3 is 0 Å². The molecular weight excluding hydrogens is 406 g/mol. The normalized spacial score (nSPS) is 11.0. The number of anilines is 1. The van der Waals surface area contributed by atoms with Gasteiger partial charge in [0.15, 0.2) is 11.0 Å². The summed E-state index contributed by atoms with van der Waals surface area (Å²) in [6, 6.07) is 27.3. The molecule has 0 N–H and O–H groups in total. The molecule has 7 heteroatoms. The van der Waals surface area contributed by atoms with Gasteiger partial charge in [0.25, 0.3) is 5.91 Å². The number of carbonyl (C=O) groups excluding carboxylic acids is 1. The molecule has 0 aliphatic rings. The van der Waals surface area contributed by atoms with Crippen LogP contribution in [0.4, 0.5) is 5.13 Å². The number of thiazole rings is 1. The second-order valence-corrected chi connectivity index (χ2v) is 7.90. The van der Waals surface area contributed by atoms with Crippen molar-refractivity contribution in [2.75, 3.05) is 11.4 Å². The van der Waals surface area contributed by atoms with Crippen LogP contribution >= 0.6 is 11.3 Å². The number of rotatable bonds is 5. The molecule has 0 fully saturated rings. The van der Waals surface area contributed by atoms with Crippen molar-refractivity contribution >= 4 is 32.6 Å². The number of carbonyl (C=O) groups is 1. The van der Waals surface area contributed by atoms with Gasteiger partial charge in [0.1, 0.15) is 0 Å². The summed E-state index contributed by atoms with van der Waals surface area (Å²) in [7, 11) is 0. The van der Waals surface area contributed by atoms with E-state index in [1.807, 2.05) is 91.9 Å². The molecule has 152 valence electrons. The Morgan fingerprint density at radius 2 is 1.58 bits per heavy atom. The maximum atomic E-state index is 13.4. The van der Waals surface area contributed by atoms with Crippen LogP contribution in [0.15, 0.2) is 84.9 Å². The van der Waals surface area contributed by atoms with Gasteiger partial charge in [-0.05, 0) is 31.2 Å². The van der Waals surface area contributed by atoms with E-state index < -0.39 is 0 Å². The van der Waals surface area contributed by atoms with Crippen LogP contribution < -0.4 is 4.90 Å². The van der Waals surface area contributed by atoms with Gasteiger partial charge in [-0.15, -0.1) is 5.10 Å². The third-order valence-corrected chi connectivity index (χ3v) is 5.97. The molecule has 0 aliphatic carbocycles. The molecule has 0 saturated carbocycles. The molecule has 3 aromatic carbocycles. The summed E-state index contributed by atoms with van der Waals surface area (Å²) >= 11 is 1.49. The van der Waals surface area contributed by atoms with Gasteiger partial charge in [0.2, 0.25) is 5.82 Å². The summed E-state index contributed by atoms with van der Waals surface area (Å²) < 4.78 is 2.76. The van der Waals surface area contributed by atoms with Crippen LogP contribution in [0.1, 0.15) is 17.5 Å². The molecule has 0 atom stereocenters. The molecule has 2 heterocycles. The molecule has 0 radical (unpaired) electrons. The quantitative estimate of drug-likeness (QED) is 0.388. The first-order chi connectivity index (χ1) is 15.2. The zero-order valence-electron chi connectivity index (χ0n) is 16.8. The van der Waals surface area contributed by atoms with Gasteiger partial charge in [-0.1, -0.05) is 72.0 Å². The largest absolute Gasteiger partial charge is 0.299 e. The van der Waals surface area contributed by atoms with Gasteiger partial charge < -0.3 is 0 Å². The number of nitrogens with zero attached hydrogens (tertiary/aromatic N) is 5. The van der Waals surface area contributed by atoms with Crippen molar-refractivity contribution in [3.05, 3.63) is 90.8 Å². The molecule has 5 aromatic rings. The number of aromatic nitrogens is 4. The third kappa shape index (κ3) is 3.60. The fraction of sp³-hybridized carbons (Fsp3) is 0.0833. The van der Waals surface area contributed by atoms with Crippen molar-refractivity contribution in [3.8, 4) is 17.1 Å². The molecule has 0 aliphatic heterocycles. The Morgan fingerprint density at radius 3 is 2.29 bits per heavy atom. The van der Waals surface area contributed by atoms with Crippen LogP contribution in [0.25, 0.3) is 27.3 Å². The van der Waals surface area contributed by atoms with Gasteiger partial charge in [0, 0.05) is 12.1 Å². The van der Waals surface area contributed by atoms with Crippen LogP contribution in [-0.2, 0) is 0 Å². The Bertz CT molecular complexity index is 1250. The summed E-state index contributed by atoms with van der Waals surface area (Å²) in [6.07, 6.45) is 0. The van der Waals surface area contributed by atoms with E-state index in [1.54, 1.807) is 9.58 Å². The van der Waals surface area contributed by atoms with E-state index in [4.69, 9.17) is 0 Å². The molecule has 6 nitrogen and oxygen atoms in total.